The van der Waals surface area contributed by atoms with Crippen molar-refractivity contribution in [3.63, 3.8) is 0 Å². The van der Waals surface area contributed by atoms with Crippen molar-refractivity contribution in [2.24, 2.45) is 5.92 Å². The van der Waals surface area contributed by atoms with Crippen LogP contribution in [-0.4, -0.2) is 35.9 Å². The first-order valence-electron chi connectivity index (χ1n) is 11.4. The van der Waals surface area contributed by atoms with Crippen LogP contribution in [0.15, 0.2) is 29.2 Å². The topological polar surface area (TPSA) is 104 Å². The number of rotatable bonds is 11. The standard InChI is InChI=1S/C23H26F2N2O6.C2H6/c1-4-32-23(31)19-21(33-10-7-14(2)3)20(29)17(13-27(19)8-9-28)22(30)26-12-15-5-6-16(24)11-18(15)25;1-2/h5-6,9,11,13-14H,4,7-8,10,12H2,1-3H3,(H,26,30);1-2H3. The second-order valence-electron chi connectivity index (χ2n) is 7.54. The van der Waals surface area contributed by atoms with E-state index >= 15 is 0 Å². The second-order valence-corrected chi connectivity index (χ2v) is 7.54. The molecule has 0 aliphatic rings. The first-order chi connectivity index (χ1) is 16.7. The van der Waals surface area contributed by atoms with Gasteiger partial charge in [-0.05, 0) is 25.3 Å². The third-order valence-electron chi connectivity index (χ3n) is 4.62. The van der Waals surface area contributed by atoms with Gasteiger partial charge in [-0.15, -0.1) is 0 Å². The average Bonchev–Trinajstić information content (AvgIpc) is 2.81. The van der Waals surface area contributed by atoms with E-state index in [1.165, 1.54) is 6.07 Å². The van der Waals surface area contributed by atoms with E-state index in [-0.39, 0.29) is 43.5 Å². The molecule has 0 aliphatic heterocycles. The first kappa shape index (κ1) is 29.5. The van der Waals surface area contributed by atoms with Crippen LogP contribution in [0.1, 0.15) is 67.4 Å². The van der Waals surface area contributed by atoms with E-state index in [0.717, 1.165) is 16.8 Å². The van der Waals surface area contributed by atoms with Gasteiger partial charge in [-0.1, -0.05) is 33.8 Å². The van der Waals surface area contributed by atoms with Gasteiger partial charge in [0.2, 0.25) is 5.43 Å². The zero-order valence-electron chi connectivity index (χ0n) is 20.7. The maximum absolute atomic E-state index is 13.9. The highest BCUT2D eigenvalue weighted by atomic mass is 19.1. The summed E-state index contributed by atoms with van der Waals surface area (Å²) < 4.78 is 38.6. The number of pyridine rings is 1. The van der Waals surface area contributed by atoms with Crippen molar-refractivity contribution < 1.29 is 32.6 Å². The molecule has 192 valence electrons. The lowest BCUT2D eigenvalue weighted by atomic mass is 10.1. The van der Waals surface area contributed by atoms with Crippen molar-refractivity contribution in [2.45, 2.75) is 54.1 Å². The Labute approximate surface area is 203 Å². The van der Waals surface area contributed by atoms with E-state index in [2.05, 4.69) is 5.32 Å². The van der Waals surface area contributed by atoms with Crippen molar-refractivity contribution in [1.29, 1.82) is 0 Å². The van der Waals surface area contributed by atoms with Crippen LogP contribution in [0, 0.1) is 17.6 Å². The van der Waals surface area contributed by atoms with Gasteiger partial charge in [-0.3, -0.25) is 9.59 Å². The molecule has 1 aromatic carbocycles. The number of hydrogen-bond acceptors (Lipinski definition) is 6. The number of esters is 1. The van der Waals surface area contributed by atoms with E-state index in [1.807, 2.05) is 27.7 Å². The lowest BCUT2D eigenvalue weighted by Crippen LogP contribution is -2.33. The van der Waals surface area contributed by atoms with Crippen molar-refractivity contribution >= 4 is 18.2 Å². The zero-order valence-corrected chi connectivity index (χ0v) is 20.7. The third kappa shape index (κ3) is 8.31. The van der Waals surface area contributed by atoms with Gasteiger partial charge in [0.15, 0.2) is 11.4 Å². The van der Waals surface area contributed by atoms with Crippen molar-refractivity contribution in [2.75, 3.05) is 13.2 Å². The number of halogens is 2. The Balaban J connectivity index is 0.00000298. The Bertz CT molecular complexity index is 1080. The predicted octanol–water partition coefficient (Wildman–Crippen LogP) is 3.88. The van der Waals surface area contributed by atoms with Gasteiger partial charge < -0.3 is 24.2 Å². The smallest absolute Gasteiger partial charge is 0.359 e. The minimum absolute atomic E-state index is 0.00881. The molecule has 0 saturated heterocycles. The monoisotopic (exact) mass is 494 g/mol. The minimum atomic E-state index is -0.882. The Hall–Kier alpha value is -3.56. The molecule has 0 unspecified atom stereocenters. The molecule has 0 saturated carbocycles. The van der Waals surface area contributed by atoms with Crippen LogP contribution < -0.4 is 15.5 Å². The fraction of sp³-hybridized carbons (Fsp3) is 0.440. The summed E-state index contributed by atoms with van der Waals surface area (Å²) in [5, 5.41) is 2.39. The molecule has 2 rings (SSSR count). The Morgan fingerprint density at radius 3 is 2.46 bits per heavy atom. The SMILES string of the molecule is CC.CCOC(=O)c1c(OCCC(C)C)c(=O)c(C(=O)NCc2ccc(F)cc2F)cn1CC=O. The summed E-state index contributed by atoms with van der Waals surface area (Å²) >= 11 is 0. The largest absolute Gasteiger partial charge is 0.487 e. The fourth-order valence-electron chi connectivity index (χ4n) is 2.90. The third-order valence-corrected chi connectivity index (χ3v) is 4.62. The van der Waals surface area contributed by atoms with Gasteiger partial charge in [0, 0.05) is 24.4 Å². The molecule has 0 aliphatic carbocycles. The number of nitrogens with one attached hydrogen (secondary N) is 1. The molecule has 0 bridgehead atoms. The molecular formula is C25H32F2N2O6. The summed E-state index contributed by atoms with van der Waals surface area (Å²) in [6.45, 7) is 8.91. The molecule has 0 spiro atoms. The highest BCUT2D eigenvalue weighted by Gasteiger charge is 2.26. The summed E-state index contributed by atoms with van der Waals surface area (Å²) in [6.07, 6.45) is 2.10. The van der Waals surface area contributed by atoms with Crippen LogP contribution in [0.2, 0.25) is 0 Å². The Morgan fingerprint density at radius 2 is 1.89 bits per heavy atom. The van der Waals surface area contributed by atoms with Gasteiger partial charge >= 0.3 is 5.97 Å². The number of nitrogens with zero attached hydrogens (tertiary/aromatic N) is 1. The quantitative estimate of drug-likeness (QED) is 0.376. The lowest BCUT2D eigenvalue weighted by Gasteiger charge is -2.17. The molecule has 10 heteroatoms. The number of carbonyl (C=O) groups excluding carboxylic acids is 3. The van der Waals surface area contributed by atoms with Gasteiger partial charge in [-0.2, -0.15) is 0 Å². The molecule has 1 amide bonds. The summed E-state index contributed by atoms with van der Waals surface area (Å²) in [4.78, 5) is 49.5. The van der Waals surface area contributed by atoms with Crippen LogP contribution in [0.25, 0.3) is 0 Å². The summed E-state index contributed by atoms with van der Waals surface area (Å²) in [5.74, 6) is -3.55. The molecular weight excluding hydrogens is 462 g/mol. The highest BCUT2D eigenvalue weighted by molar-refractivity contribution is 5.97. The van der Waals surface area contributed by atoms with E-state index in [4.69, 9.17) is 9.47 Å². The number of ether oxygens (including phenoxy) is 2. The molecule has 0 fully saturated rings. The molecule has 1 N–H and O–H groups in total. The number of benzene rings is 1. The maximum atomic E-state index is 13.9. The van der Waals surface area contributed by atoms with Gasteiger partial charge in [0.1, 0.15) is 23.5 Å². The van der Waals surface area contributed by atoms with Crippen LogP contribution in [-0.2, 0) is 22.6 Å². The van der Waals surface area contributed by atoms with E-state index in [9.17, 15) is 28.0 Å². The van der Waals surface area contributed by atoms with Crippen LogP contribution in [0.5, 0.6) is 5.75 Å². The average molecular weight is 495 g/mol. The molecule has 2 aromatic rings. The van der Waals surface area contributed by atoms with Crippen molar-refractivity contribution in [3.8, 4) is 5.75 Å². The van der Waals surface area contributed by atoms with Crippen LogP contribution in [0.4, 0.5) is 8.78 Å². The van der Waals surface area contributed by atoms with Crippen LogP contribution in [0.3, 0.4) is 0 Å². The summed E-state index contributed by atoms with van der Waals surface area (Å²) in [6, 6.07) is 2.88. The van der Waals surface area contributed by atoms with Crippen molar-refractivity contribution in [1.82, 2.24) is 9.88 Å². The molecule has 1 heterocycles. The summed E-state index contributed by atoms with van der Waals surface area (Å²) in [7, 11) is 0. The van der Waals surface area contributed by atoms with E-state index in [1.54, 1.807) is 6.92 Å². The van der Waals surface area contributed by atoms with Crippen LogP contribution >= 0.6 is 0 Å². The number of hydrogen-bond donors (Lipinski definition) is 1. The maximum Gasteiger partial charge on any atom is 0.359 e. The first-order valence-corrected chi connectivity index (χ1v) is 11.4. The summed E-state index contributed by atoms with van der Waals surface area (Å²) in [5.41, 5.74) is -1.55. The van der Waals surface area contributed by atoms with Gasteiger partial charge in [-0.25, -0.2) is 13.6 Å². The normalized spacial score (nSPS) is 10.3. The minimum Gasteiger partial charge on any atom is -0.487 e. The molecule has 1 aromatic heterocycles. The van der Waals surface area contributed by atoms with E-state index < -0.39 is 40.3 Å². The number of amides is 1. The molecule has 0 radical (unpaired) electrons. The highest BCUT2D eigenvalue weighted by Crippen LogP contribution is 2.18. The molecule has 8 nitrogen and oxygen atoms in total. The van der Waals surface area contributed by atoms with Crippen molar-refractivity contribution in [3.05, 3.63) is 63.1 Å². The van der Waals surface area contributed by atoms with E-state index in [0.29, 0.717) is 18.8 Å². The predicted molar refractivity (Wildman–Crippen MR) is 127 cm³/mol. The Morgan fingerprint density at radius 1 is 1.20 bits per heavy atom. The zero-order chi connectivity index (χ0) is 26.5. The lowest BCUT2D eigenvalue weighted by molar-refractivity contribution is -0.108. The molecule has 35 heavy (non-hydrogen) atoms. The molecule has 0 atom stereocenters. The number of aldehydes is 1. The Kier molecular flexibility index (Phi) is 12.3. The number of carbonyl (C=O) groups is 3. The van der Waals surface area contributed by atoms with Gasteiger partial charge in [0.25, 0.3) is 5.91 Å². The second kappa shape index (κ2) is 14.6. The number of aromatic nitrogens is 1. The van der Waals surface area contributed by atoms with Gasteiger partial charge in [0.05, 0.1) is 19.8 Å². The fourth-order valence-corrected chi connectivity index (χ4v) is 2.90.